The zero-order valence-electron chi connectivity index (χ0n) is 16.5. The van der Waals surface area contributed by atoms with E-state index in [9.17, 15) is 4.79 Å². The van der Waals surface area contributed by atoms with Gasteiger partial charge in [-0.2, -0.15) is 4.98 Å². The molecule has 1 N–H and O–H groups in total. The van der Waals surface area contributed by atoms with Crippen LogP contribution in [0.1, 0.15) is 32.6 Å². The van der Waals surface area contributed by atoms with Crippen molar-refractivity contribution in [3.8, 4) is 23.3 Å². The van der Waals surface area contributed by atoms with E-state index in [4.69, 9.17) is 18.9 Å². The Kier molecular flexibility index (Phi) is 5.69. The number of hydrogen-bond donors (Lipinski definition) is 1. The maximum Gasteiger partial charge on any atom is 0.265 e. The molecule has 1 amide bonds. The molecule has 2 aromatic rings. The summed E-state index contributed by atoms with van der Waals surface area (Å²) in [7, 11) is 1.54. The number of fused-ring (bicyclic) bond motifs is 1. The first-order chi connectivity index (χ1) is 14.1. The minimum atomic E-state index is -0.661. The van der Waals surface area contributed by atoms with Crippen molar-refractivity contribution >= 4 is 5.91 Å². The third-order valence-corrected chi connectivity index (χ3v) is 5.21. The van der Waals surface area contributed by atoms with Gasteiger partial charge in [-0.15, -0.1) is 0 Å². The molecule has 154 valence electrons. The number of rotatable bonds is 5. The summed E-state index contributed by atoms with van der Waals surface area (Å²) in [6.07, 6.45) is 5.45. The van der Waals surface area contributed by atoms with Gasteiger partial charge in [0, 0.05) is 6.04 Å². The van der Waals surface area contributed by atoms with Crippen LogP contribution in [-0.4, -0.2) is 47.3 Å². The van der Waals surface area contributed by atoms with Crippen molar-refractivity contribution in [1.82, 2.24) is 15.3 Å². The van der Waals surface area contributed by atoms with Crippen molar-refractivity contribution in [2.75, 3.05) is 7.11 Å². The van der Waals surface area contributed by atoms with E-state index in [1.54, 1.807) is 13.3 Å². The SMILES string of the molecule is COc1cncc(OC2CCC(NC(=O)C3Oc4ccccc4OC3C)CC2)n1. The zero-order chi connectivity index (χ0) is 20.2. The monoisotopic (exact) mass is 399 g/mol. The van der Waals surface area contributed by atoms with Gasteiger partial charge in [0.1, 0.15) is 12.2 Å². The highest BCUT2D eigenvalue weighted by molar-refractivity contribution is 5.82. The van der Waals surface area contributed by atoms with E-state index in [0.29, 0.717) is 23.3 Å². The smallest absolute Gasteiger partial charge is 0.265 e. The van der Waals surface area contributed by atoms with Gasteiger partial charge in [0.25, 0.3) is 5.91 Å². The van der Waals surface area contributed by atoms with E-state index in [1.165, 1.54) is 6.20 Å². The number of carbonyl (C=O) groups excluding carboxylic acids is 1. The highest BCUT2D eigenvalue weighted by atomic mass is 16.6. The number of benzene rings is 1. The lowest BCUT2D eigenvalue weighted by molar-refractivity contribution is -0.134. The van der Waals surface area contributed by atoms with Gasteiger partial charge in [0.2, 0.25) is 17.9 Å². The van der Waals surface area contributed by atoms with Crippen LogP contribution < -0.4 is 24.3 Å². The van der Waals surface area contributed by atoms with Crippen molar-refractivity contribution in [2.24, 2.45) is 0 Å². The van der Waals surface area contributed by atoms with Gasteiger partial charge in [-0.05, 0) is 44.7 Å². The summed E-state index contributed by atoms with van der Waals surface area (Å²) in [4.78, 5) is 21.0. The van der Waals surface area contributed by atoms with Gasteiger partial charge >= 0.3 is 0 Å². The maximum atomic E-state index is 12.8. The Balaban J connectivity index is 1.28. The number of para-hydroxylation sites is 2. The Morgan fingerprint density at radius 2 is 1.76 bits per heavy atom. The first kappa shape index (κ1) is 19.3. The molecule has 1 fully saturated rings. The van der Waals surface area contributed by atoms with Crippen molar-refractivity contribution in [2.45, 2.75) is 57.0 Å². The van der Waals surface area contributed by atoms with Crippen LogP contribution in [0.15, 0.2) is 36.7 Å². The summed E-state index contributed by atoms with van der Waals surface area (Å²) >= 11 is 0. The van der Waals surface area contributed by atoms with Gasteiger partial charge in [-0.1, -0.05) is 12.1 Å². The van der Waals surface area contributed by atoms with Crippen LogP contribution >= 0.6 is 0 Å². The van der Waals surface area contributed by atoms with Crippen molar-refractivity contribution < 1.29 is 23.7 Å². The molecule has 2 aliphatic rings. The second-order valence-corrected chi connectivity index (χ2v) is 7.31. The number of aromatic nitrogens is 2. The molecule has 1 aromatic carbocycles. The molecular weight excluding hydrogens is 374 g/mol. The van der Waals surface area contributed by atoms with Crippen LogP contribution in [0, 0.1) is 0 Å². The van der Waals surface area contributed by atoms with Gasteiger partial charge < -0.3 is 24.3 Å². The summed E-state index contributed by atoms with van der Waals surface area (Å²) in [5, 5.41) is 3.11. The zero-order valence-corrected chi connectivity index (χ0v) is 16.5. The Morgan fingerprint density at radius 3 is 2.48 bits per heavy atom. The molecule has 8 heteroatoms. The molecule has 1 saturated carbocycles. The molecule has 8 nitrogen and oxygen atoms in total. The number of methoxy groups -OCH3 is 1. The molecule has 4 rings (SSSR count). The Morgan fingerprint density at radius 1 is 1.07 bits per heavy atom. The summed E-state index contributed by atoms with van der Waals surface area (Å²) in [5.74, 6) is 2.01. The average Bonchev–Trinajstić information content (AvgIpc) is 2.74. The lowest BCUT2D eigenvalue weighted by Crippen LogP contribution is -2.52. The van der Waals surface area contributed by atoms with Crippen molar-refractivity contribution in [3.05, 3.63) is 36.7 Å². The standard InChI is InChI=1S/C21H25N3O5/c1-13-20(29-17-6-4-3-5-16(17)27-13)21(25)23-14-7-9-15(10-8-14)28-19-12-22-11-18(24-19)26-2/h3-6,11-15,20H,7-10H2,1-2H3,(H,23,25). The summed E-state index contributed by atoms with van der Waals surface area (Å²) in [6.45, 7) is 1.85. The highest BCUT2D eigenvalue weighted by Gasteiger charge is 2.35. The quantitative estimate of drug-likeness (QED) is 0.826. The third kappa shape index (κ3) is 4.52. The minimum Gasteiger partial charge on any atom is -0.482 e. The van der Waals surface area contributed by atoms with E-state index >= 15 is 0 Å². The fourth-order valence-electron chi connectivity index (χ4n) is 3.67. The molecule has 1 aliphatic carbocycles. The van der Waals surface area contributed by atoms with Crippen LogP contribution in [0.5, 0.6) is 23.3 Å². The number of hydrogen-bond acceptors (Lipinski definition) is 7. The lowest BCUT2D eigenvalue weighted by atomic mass is 9.92. The summed E-state index contributed by atoms with van der Waals surface area (Å²) < 4.78 is 22.7. The van der Waals surface area contributed by atoms with Crippen LogP contribution in [0.4, 0.5) is 0 Å². The summed E-state index contributed by atoms with van der Waals surface area (Å²) in [6, 6.07) is 7.49. The maximum absolute atomic E-state index is 12.8. The predicted molar refractivity (Wildman–Crippen MR) is 104 cm³/mol. The molecule has 2 unspecified atom stereocenters. The molecule has 0 radical (unpaired) electrons. The van der Waals surface area contributed by atoms with E-state index in [-0.39, 0.29) is 24.2 Å². The second-order valence-electron chi connectivity index (χ2n) is 7.31. The lowest BCUT2D eigenvalue weighted by Gasteiger charge is -2.34. The number of nitrogens with zero attached hydrogens (tertiary/aromatic N) is 2. The highest BCUT2D eigenvalue weighted by Crippen LogP contribution is 2.33. The van der Waals surface area contributed by atoms with Gasteiger partial charge in [0.05, 0.1) is 19.5 Å². The topological polar surface area (TPSA) is 91.8 Å². The molecule has 2 atom stereocenters. The Hall–Kier alpha value is -3.03. The number of amides is 1. The van der Waals surface area contributed by atoms with E-state index in [1.807, 2.05) is 31.2 Å². The molecule has 29 heavy (non-hydrogen) atoms. The number of carbonyl (C=O) groups is 1. The van der Waals surface area contributed by atoms with E-state index in [2.05, 4.69) is 15.3 Å². The first-order valence-corrected chi connectivity index (χ1v) is 9.88. The molecule has 0 bridgehead atoms. The van der Waals surface area contributed by atoms with Gasteiger partial charge in [-0.25, -0.2) is 0 Å². The fourth-order valence-corrected chi connectivity index (χ4v) is 3.67. The van der Waals surface area contributed by atoms with E-state index in [0.717, 1.165) is 25.7 Å². The van der Waals surface area contributed by atoms with Crippen LogP contribution in [-0.2, 0) is 4.79 Å². The number of nitrogens with one attached hydrogen (secondary N) is 1. The van der Waals surface area contributed by atoms with Crippen LogP contribution in [0.25, 0.3) is 0 Å². The second kappa shape index (κ2) is 8.55. The molecule has 1 aromatic heterocycles. The molecular formula is C21H25N3O5. The molecule has 0 saturated heterocycles. The Bertz CT molecular complexity index is 854. The fraction of sp³-hybridized carbons (Fsp3) is 0.476. The van der Waals surface area contributed by atoms with Crippen molar-refractivity contribution in [1.29, 1.82) is 0 Å². The molecule has 0 spiro atoms. The minimum absolute atomic E-state index is 0.0459. The van der Waals surface area contributed by atoms with Gasteiger partial charge in [0.15, 0.2) is 11.5 Å². The average molecular weight is 399 g/mol. The first-order valence-electron chi connectivity index (χ1n) is 9.88. The van der Waals surface area contributed by atoms with Crippen LogP contribution in [0.2, 0.25) is 0 Å². The summed E-state index contributed by atoms with van der Waals surface area (Å²) in [5.41, 5.74) is 0. The van der Waals surface area contributed by atoms with Crippen LogP contribution in [0.3, 0.4) is 0 Å². The predicted octanol–water partition coefficient (Wildman–Crippen LogP) is 2.52. The molecule has 1 aliphatic heterocycles. The largest absolute Gasteiger partial charge is 0.482 e. The Labute approximate surface area is 169 Å². The molecule has 2 heterocycles. The third-order valence-electron chi connectivity index (χ3n) is 5.21. The normalized spacial score (nSPS) is 25.7. The van der Waals surface area contributed by atoms with E-state index < -0.39 is 6.10 Å². The van der Waals surface area contributed by atoms with Crippen molar-refractivity contribution in [3.63, 3.8) is 0 Å². The number of ether oxygens (including phenoxy) is 4. The van der Waals surface area contributed by atoms with Gasteiger partial charge in [-0.3, -0.25) is 9.78 Å².